The van der Waals surface area contributed by atoms with Crippen molar-refractivity contribution in [2.75, 3.05) is 12.0 Å². The van der Waals surface area contributed by atoms with Gasteiger partial charge in [-0.2, -0.15) is 0 Å². The van der Waals surface area contributed by atoms with E-state index in [1.807, 2.05) is 0 Å². The number of carbonyl (C=O) groups is 2. The Kier molecular flexibility index (Phi) is 5.86. The van der Waals surface area contributed by atoms with Crippen LogP contribution in [0.3, 0.4) is 0 Å². The number of ketones is 1. The van der Waals surface area contributed by atoms with Gasteiger partial charge in [0.1, 0.15) is 17.1 Å². The molecule has 9 heteroatoms. The molecule has 1 aromatic heterocycles. The second kappa shape index (κ2) is 8.87. The van der Waals surface area contributed by atoms with Crippen LogP contribution in [-0.2, 0) is 4.79 Å². The first-order valence-electron chi connectivity index (χ1n) is 10.4. The quantitative estimate of drug-likeness (QED) is 0.274. The number of nitrogens with zero attached hydrogens (tertiary/aromatic N) is 1. The Morgan fingerprint density at radius 1 is 1.11 bits per heavy atom. The van der Waals surface area contributed by atoms with Crippen LogP contribution in [0.5, 0.6) is 5.75 Å². The van der Waals surface area contributed by atoms with Crippen molar-refractivity contribution in [3.63, 3.8) is 0 Å². The lowest BCUT2D eigenvalue weighted by atomic mass is 9.94. The van der Waals surface area contributed by atoms with Gasteiger partial charge in [-0.15, -0.1) is 0 Å². The number of anilines is 1. The lowest BCUT2D eigenvalue weighted by Gasteiger charge is -2.27. The number of hydrogen-bond donors (Lipinski definition) is 1. The Balaban J connectivity index is 1.65. The number of halogens is 3. The van der Waals surface area contributed by atoms with Crippen LogP contribution in [0.1, 0.15) is 22.2 Å². The average molecular weight is 557 g/mol. The fourth-order valence-corrected chi connectivity index (χ4v) is 4.76. The maximum absolute atomic E-state index is 13.7. The van der Waals surface area contributed by atoms with Crippen LogP contribution < -0.4 is 9.64 Å². The second-order valence-electron chi connectivity index (χ2n) is 7.83. The Hall–Kier alpha value is -3.62. The third-order valence-corrected chi connectivity index (χ3v) is 6.54. The summed E-state index contributed by atoms with van der Waals surface area (Å²) in [7, 11) is 1.46. The highest BCUT2D eigenvalue weighted by molar-refractivity contribution is 9.10. The molecule has 0 saturated carbocycles. The summed E-state index contributed by atoms with van der Waals surface area (Å²) in [5.74, 6) is -2.34. The number of aliphatic hydroxyl groups excluding tert-OH is 1. The Morgan fingerprint density at radius 3 is 2.54 bits per heavy atom. The summed E-state index contributed by atoms with van der Waals surface area (Å²) >= 11 is 9.67. The molecule has 4 aromatic rings. The topological polar surface area (TPSA) is 80.0 Å². The minimum absolute atomic E-state index is 0.0471. The molecule has 0 saturated heterocycles. The SMILES string of the molecule is COc1ccc(N2C(=O)C(O)=C(C(=O)c3cc4cc(Br)ccc4o3)C2c2ccc(F)cc2)cc1Cl. The summed E-state index contributed by atoms with van der Waals surface area (Å²) in [5.41, 5.74) is 1.01. The Labute approximate surface area is 212 Å². The molecule has 1 aliphatic heterocycles. The number of furan rings is 1. The van der Waals surface area contributed by atoms with Crippen LogP contribution >= 0.6 is 27.5 Å². The van der Waals surface area contributed by atoms with Crippen LogP contribution in [-0.4, -0.2) is 23.9 Å². The zero-order valence-electron chi connectivity index (χ0n) is 18.1. The summed E-state index contributed by atoms with van der Waals surface area (Å²) in [6.45, 7) is 0. The van der Waals surface area contributed by atoms with Crippen LogP contribution in [0.4, 0.5) is 10.1 Å². The van der Waals surface area contributed by atoms with Crippen molar-refractivity contribution in [1.29, 1.82) is 0 Å². The van der Waals surface area contributed by atoms with Crippen molar-refractivity contribution in [2.24, 2.45) is 0 Å². The van der Waals surface area contributed by atoms with Gasteiger partial charge in [-0.05, 0) is 60.2 Å². The lowest BCUT2D eigenvalue weighted by molar-refractivity contribution is -0.117. The number of carbonyl (C=O) groups excluding carboxylic acids is 2. The molecule has 1 atom stereocenters. The Morgan fingerprint density at radius 2 is 1.86 bits per heavy atom. The normalized spacial score (nSPS) is 15.8. The average Bonchev–Trinajstić information content (AvgIpc) is 3.37. The molecule has 0 spiro atoms. The van der Waals surface area contributed by atoms with E-state index in [0.29, 0.717) is 28.0 Å². The van der Waals surface area contributed by atoms with E-state index in [9.17, 15) is 19.1 Å². The van der Waals surface area contributed by atoms with E-state index in [4.69, 9.17) is 20.8 Å². The number of benzene rings is 3. The van der Waals surface area contributed by atoms with Crippen LogP contribution in [0.15, 0.2) is 87.0 Å². The number of amides is 1. The predicted octanol–water partition coefficient (Wildman–Crippen LogP) is 6.78. The van der Waals surface area contributed by atoms with Crippen molar-refractivity contribution < 1.29 is 28.2 Å². The summed E-state index contributed by atoms with van der Waals surface area (Å²) < 4.78 is 25.4. The smallest absolute Gasteiger partial charge is 0.294 e. The highest BCUT2D eigenvalue weighted by Crippen LogP contribution is 2.43. The zero-order chi connectivity index (χ0) is 24.9. The molecule has 1 unspecified atom stereocenters. The van der Waals surface area contributed by atoms with Gasteiger partial charge < -0.3 is 14.3 Å². The summed E-state index contributed by atoms with van der Waals surface area (Å²) in [5, 5.41) is 11.8. The number of Topliss-reactive ketones (excluding diaryl/α,β-unsaturated/α-hetero) is 1. The minimum atomic E-state index is -1.06. The molecule has 2 heterocycles. The molecular formula is C26H16BrClFNO5. The van der Waals surface area contributed by atoms with E-state index in [-0.39, 0.29) is 16.4 Å². The first-order valence-corrected chi connectivity index (χ1v) is 11.5. The Bertz CT molecular complexity index is 1530. The van der Waals surface area contributed by atoms with E-state index in [2.05, 4.69) is 15.9 Å². The van der Waals surface area contributed by atoms with Crippen LogP contribution in [0, 0.1) is 5.82 Å². The van der Waals surface area contributed by atoms with E-state index < -0.39 is 29.3 Å². The number of methoxy groups -OCH3 is 1. The van der Waals surface area contributed by atoms with Gasteiger partial charge in [0, 0.05) is 15.5 Å². The van der Waals surface area contributed by atoms with Gasteiger partial charge >= 0.3 is 0 Å². The molecule has 176 valence electrons. The number of hydrogen-bond acceptors (Lipinski definition) is 5. The zero-order valence-corrected chi connectivity index (χ0v) is 20.4. The van der Waals surface area contributed by atoms with E-state index in [1.54, 1.807) is 36.4 Å². The summed E-state index contributed by atoms with van der Waals surface area (Å²) in [4.78, 5) is 28.1. The molecule has 1 amide bonds. The van der Waals surface area contributed by atoms with E-state index in [1.165, 1.54) is 42.3 Å². The monoisotopic (exact) mass is 555 g/mol. The van der Waals surface area contributed by atoms with Gasteiger partial charge in [-0.1, -0.05) is 39.7 Å². The summed E-state index contributed by atoms with van der Waals surface area (Å²) in [6.07, 6.45) is 0. The van der Waals surface area contributed by atoms with Gasteiger partial charge in [0.15, 0.2) is 11.5 Å². The predicted molar refractivity (Wildman–Crippen MR) is 133 cm³/mol. The third-order valence-electron chi connectivity index (χ3n) is 5.75. The molecule has 1 N–H and O–H groups in total. The van der Waals surface area contributed by atoms with Crippen LogP contribution in [0.2, 0.25) is 5.02 Å². The lowest BCUT2D eigenvalue weighted by Crippen LogP contribution is -2.31. The molecule has 0 aliphatic carbocycles. The third kappa shape index (κ3) is 3.98. The first kappa shape index (κ1) is 23.1. The van der Waals surface area contributed by atoms with Crippen molar-refractivity contribution in [2.45, 2.75) is 6.04 Å². The molecular weight excluding hydrogens is 541 g/mol. The maximum Gasteiger partial charge on any atom is 0.294 e. The molecule has 0 radical (unpaired) electrons. The molecule has 6 nitrogen and oxygen atoms in total. The molecule has 1 aliphatic rings. The minimum Gasteiger partial charge on any atom is -0.503 e. The highest BCUT2D eigenvalue weighted by Gasteiger charge is 2.45. The van der Waals surface area contributed by atoms with Crippen molar-refractivity contribution in [3.05, 3.63) is 105 Å². The summed E-state index contributed by atoms with van der Waals surface area (Å²) in [6, 6.07) is 15.7. The highest BCUT2D eigenvalue weighted by atomic mass is 79.9. The van der Waals surface area contributed by atoms with E-state index >= 15 is 0 Å². The number of fused-ring (bicyclic) bond motifs is 1. The molecule has 0 bridgehead atoms. The second-order valence-corrected chi connectivity index (χ2v) is 9.16. The first-order chi connectivity index (χ1) is 16.8. The fourth-order valence-electron chi connectivity index (χ4n) is 4.13. The van der Waals surface area contributed by atoms with Gasteiger partial charge in [0.05, 0.1) is 23.7 Å². The number of aliphatic hydroxyl groups is 1. The molecule has 35 heavy (non-hydrogen) atoms. The van der Waals surface area contributed by atoms with Crippen molar-refractivity contribution in [3.8, 4) is 5.75 Å². The number of ether oxygens (including phenoxy) is 1. The van der Waals surface area contributed by atoms with Gasteiger partial charge in [0.2, 0.25) is 5.78 Å². The van der Waals surface area contributed by atoms with Crippen LogP contribution in [0.25, 0.3) is 11.0 Å². The van der Waals surface area contributed by atoms with E-state index in [0.717, 1.165) is 4.47 Å². The van der Waals surface area contributed by atoms with Crippen molar-refractivity contribution in [1.82, 2.24) is 0 Å². The maximum atomic E-state index is 13.7. The van der Waals surface area contributed by atoms with Gasteiger partial charge in [0.25, 0.3) is 5.91 Å². The standard InChI is InChI=1S/C26H16BrClFNO5/c1-34-20-9-7-17(12-18(20)28)30-23(13-2-5-16(29)6-3-13)22(25(32)26(30)33)24(31)21-11-14-10-15(27)4-8-19(14)35-21/h2-12,23,32H,1H3. The fraction of sp³-hybridized carbons (Fsp3) is 0.0769. The molecule has 5 rings (SSSR count). The van der Waals surface area contributed by atoms with Crippen molar-refractivity contribution >= 4 is 55.9 Å². The molecule has 0 fully saturated rings. The van der Waals surface area contributed by atoms with Gasteiger partial charge in [-0.25, -0.2) is 4.39 Å². The van der Waals surface area contributed by atoms with Gasteiger partial charge in [-0.3, -0.25) is 14.5 Å². The molecule has 3 aromatic carbocycles. The number of rotatable bonds is 5. The largest absolute Gasteiger partial charge is 0.503 e.